The Kier molecular flexibility index (Phi) is 6.12. The lowest BCUT2D eigenvalue weighted by atomic mass is 9.48. The third kappa shape index (κ3) is 4.51. The minimum atomic E-state index is -0.722. The van der Waals surface area contributed by atoms with Crippen molar-refractivity contribution in [2.24, 2.45) is 17.8 Å². The normalized spacial score (nSPS) is 27.4. The van der Waals surface area contributed by atoms with Crippen LogP contribution in [0.25, 0.3) is 17.0 Å². The molecular formula is C36H32ClN3O3. The number of hydrogen-bond donors (Lipinski definition) is 1. The molecule has 4 amide bonds. The number of para-hydroxylation sites is 1. The maximum atomic E-state index is 13.8. The van der Waals surface area contributed by atoms with Gasteiger partial charge in [0.15, 0.2) is 0 Å². The SMILES string of the molecule is O=C1NC(=O)N(c2ccc(C34CC5CC(CC(C5)C3)C4)cc2)C(=O)/C1=C/c1cn(Cc2ccc(Cl)cc2)c2ccccc12. The first kappa shape index (κ1) is 26.5. The van der Waals surface area contributed by atoms with E-state index in [4.69, 9.17) is 11.6 Å². The fourth-order valence-corrected chi connectivity index (χ4v) is 8.91. The second-order valence-electron chi connectivity index (χ2n) is 13.1. The van der Waals surface area contributed by atoms with Crippen LogP contribution in [-0.4, -0.2) is 22.4 Å². The molecule has 4 aromatic rings. The van der Waals surface area contributed by atoms with Gasteiger partial charge in [0.25, 0.3) is 11.8 Å². The number of fused-ring (bicyclic) bond motifs is 1. The molecule has 3 aromatic carbocycles. The Morgan fingerprint density at radius 3 is 2.16 bits per heavy atom. The number of benzene rings is 3. The molecule has 4 aliphatic carbocycles. The maximum absolute atomic E-state index is 13.8. The molecule has 0 atom stereocenters. The van der Waals surface area contributed by atoms with E-state index in [2.05, 4.69) is 22.0 Å². The molecule has 2 heterocycles. The summed E-state index contributed by atoms with van der Waals surface area (Å²) >= 11 is 6.07. The van der Waals surface area contributed by atoms with Gasteiger partial charge in [0.1, 0.15) is 5.57 Å². The van der Waals surface area contributed by atoms with Gasteiger partial charge in [-0.1, -0.05) is 54.1 Å². The zero-order chi connectivity index (χ0) is 29.3. The Morgan fingerprint density at radius 2 is 1.49 bits per heavy atom. The van der Waals surface area contributed by atoms with E-state index >= 15 is 0 Å². The molecule has 7 heteroatoms. The largest absolute Gasteiger partial charge is 0.342 e. The number of nitrogens with zero attached hydrogens (tertiary/aromatic N) is 2. The quantitative estimate of drug-likeness (QED) is 0.194. The second kappa shape index (κ2) is 9.95. The number of barbiturate groups is 1. The smallest absolute Gasteiger partial charge is 0.335 e. The van der Waals surface area contributed by atoms with Crippen molar-refractivity contribution in [3.8, 4) is 0 Å². The summed E-state index contributed by atoms with van der Waals surface area (Å²) in [6.07, 6.45) is 11.4. The lowest BCUT2D eigenvalue weighted by Crippen LogP contribution is -2.54. The highest BCUT2D eigenvalue weighted by molar-refractivity contribution is 6.39. The molecule has 4 bridgehead atoms. The Morgan fingerprint density at radius 1 is 0.837 bits per heavy atom. The Hall–Kier alpha value is -4.16. The van der Waals surface area contributed by atoms with Crippen LogP contribution in [0.15, 0.2) is 84.6 Å². The van der Waals surface area contributed by atoms with Gasteiger partial charge in [0.2, 0.25) is 0 Å². The van der Waals surface area contributed by atoms with Crippen LogP contribution in [-0.2, 0) is 21.5 Å². The summed E-state index contributed by atoms with van der Waals surface area (Å²) < 4.78 is 2.09. The average Bonchev–Trinajstić information content (AvgIpc) is 3.33. The highest BCUT2D eigenvalue weighted by Gasteiger charge is 2.51. The van der Waals surface area contributed by atoms with Crippen LogP contribution >= 0.6 is 11.6 Å². The van der Waals surface area contributed by atoms with Crippen LogP contribution in [0.5, 0.6) is 0 Å². The lowest BCUT2D eigenvalue weighted by Gasteiger charge is -2.57. The summed E-state index contributed by atoms with van der Waals surface area (Å²) in [4.78, 5) is 40.9. The predicted molar refractivity (Wildman–Crippen MR) is 168 cm³/mol. The van der Waals surface area contributed by atoms with Gasteiger partial charge in [-0.2, -0.15) is 0 Å². The highest BCUT2D eigenvalue weighted by Crippen LogP contribution is 2.60. The number of rotatable bonds is 5. The summed E-state index contributed by atoms with van der Waals surface area (Å²) in [7, 11) is 0. The molecule has 43 heavy (non-hydrogen) atoms. The topological polar surface area (TPSA) is 71.4 Å². The van der Waals surface area contributed by atoms with Gasteiger partial charge in [-0.25, -0.2) is 9.69 Å². The molecule has 6 nitrogen and oxygen atoms in total. The zero-order valence-corrected chi connectivity index (χ0v) is 24.5. The highest BCUT2D eigenvalue weighted by atomic mass is 35.5. The van der Waals surface area contributed by atoms with Crippen LogP contribution in [0.1, 0.15) is 55.2 Å². The van der Waals surface area contributed by atoms with E-state index in [1.807, 2.05) is 66.9 Å². The molecule has 1 aliphatic heterocycles. The fourth-order valence-electron chi connectivity index (χ4n) is 8.78. The van der Waals surface area contributed by atoms with E-state index in [0.717, 1.165) is 44.7 Å². The van der Waals surface area contributed by atoms with E-state index < -0.39 is 17.8 Å². The second-order valence-corrected chi connectivity index (χ2v) is 13.5. The lowest BCUT2D eigenvalue weighted by molar-refractivity contribution is -0.122. The van der Waals surface area contributed by atoms with E-state index in [-0.39, 0.29) is 11.0 Å². The standard InChI is InChI=1S/C36H32ClN3O3/c37-28-9-5-22(6-10-28)20-39-21-26(30-3-1-2-4-32(30)39)16-31-33(41)38-35(43)40(34(31)42)29-11-7-27(8-12-29)36-17-23-13-24(18-36)15-25(14-23)19-36/h1-12,16,21,23-25H,13-15,17-20H2,(H,38,41,43)/b31-16+. The average molecular weight is 590 g/mol. The molecule has 216 valence electrons. The summed E-state index contributed by atoms with van der Waals surface area (Å²) in [5.74, 6) is 1.18. The third-order valence-electron chi connectivity index (χ3n) is 10.3. The van der Waals surface area contributed by atoms with Gasteiger partial charge in [-0.3, -0.25) is 14.9 Å². The Bertz CT molecular complexity index is 1780. The van der Waals surface area contributed by atoms with Crippen LogP contribution < -0.4 is 10.2 Å². The molecular weight excluding hydrogens is 558 g/mol. The van der Waals surface area contributed by atoms with Crippen LogP contribution in [0.2, 0.25) is 5.02 Å². The van der Waals surface area contributed by atoms with Gasteiger partial charge in [-0.15, -0.1) is 0 Å². The molecule has 0 unspecified atom stereocenters. The van der Waals surface area contributed by atoms with E-state index in [9.17, 15) is 14.4 Å². The van der Waals surface area contributed by atoms with Gasteiger partial charge < -0.3 is 4.57 Å². The van der Waals surface area contributed by atoms with Crippen molar-refractivity contribution in [2.45, 2.75) is 50.5 Å². The molecule has 5 aliphatic rings. The first-order valence-electron chi connectivity index (χ1n) is 15.2. The molecule has 9 rings (SSSR count). The number of anilines is 1. The number of amides is 4. The number of hydrogen-bond acceptors (Lipinski definition) is 3. The number of imide groups is 2. The number of urea groups is 1. The van der Waals surface area contributed by atoms with Crippen molar-refractivity contribution in [3.63, 3.8) is 0 Å². The molecule has 0 radical (unpaired) electrons. The van der Waals surface area contributed by atoms with Gasteiger partial charge >= 0.3 is 6.03 Å². The molecule has 0 spiro atoms. The minimum Gasteiger partial charge on any atom is -0.342 e. The van der Waals surface area contributed by atoms with Crippen molar-refractivity contribution in [3.05, 3.63) is 106 Å². The van der Waals surface area contributed by atoms with Crippen molar-refractivity contribution in [1.82, 2.24) is 9.88 Å². The third-order valence-corrected chi connectivity index (χ3v) is 10.5. The molecule has 4 saturated carbocycles. The number of carbonyl (C=O) groups is 3. The van der Waals surface area contributed by atoms with Gasteiger partial charge in [0.05, 0.1) is 5.69 Å². The van der Waals surface area contributed by atoms with Gasteiger partial charge in [0, 0.05) is 34.2 Å². The Balaban J connectivity index is 1.10. The number of carbonyl (C=O) groups excluding carboxylic acids is 3. The summed E-state index contributed by atoms with van der Waals surface area (Å²) in [6, 6.07) is 22.8. The molecule has 1 saturated heterocycles. The summed E-state index contributed by atoms with van der Waals surface area (Å²) in [5.41, 5.74) is 4.72. The Labute approximate surface area is 255 Å². The fraction of sp³-hybridized carbons (Fsp3) is 0.306. The monoisotopic (exact) mass is 589 g/mol. The summed E-state index contributed by atoms with van der Waals surface area (Å²) in [5, 5.41) is 3.98. The molecule has 1 aromatic heterocycles. The van der Waals surface area contributed by atoms with Crippen LogP contribution in [0, 0.1) is 17.8 Å². The molecule has 5 fully saturated rings. The molecule has 1 N–H and O–H groups in total. The number of nitrogens with one attached hydrogen (secondary N) is 1. The van der Waals surface area contributed by atoms with E-state index in [0.29, 0.717) is 17.3 Å². The first-order valence-corrected chi connectivity index (χ1v) is 15.6. The van der Waals surface area contributed by atoms with E-state index in [1.54, 1.807) is 6.08 Å². The van der Waals surface area contributed by atoms with E-state index in [1.165, 1.54) is 44.1 Å². The van der Waals surface area contributed by atoms with Crippen molar-refractivity contribution in [2.75, 3.05) is 4.90 Å². The summed E-state index contributed by atoms with van der Waals surface area (Å²) in [6.45, 7) is 0.599. The van der Waals surface area contributed by atoms with Crippen molar-refractivity contribution in [1.29, 1.82) is 0 Å². The number of halogens is 1. The maximum Gasteiger partial charge on any atom is 0.335 e. The predicted octanol–water partition coefficient (Wildman–Crippen LogP) is 7.48. The number of aromatic nitrogens is 1. The van der Waals surface area contributed by atoms with Crippen LogP contribution in [0.4, 0.5) is 10.5 Å². The van der Waals surface area contributed by atoms with Crippen molar-refractivity contribution >= 4 is 52.1 Å². The first-order chi connectivity index (χ1) is 20.8. The zero-order valence-electron chi connectivity index (χ0n) is 23.8. The minimum absolute atomic E-state index is 0.0702. The van der Waals surface area contributed by atoms with Crippen LogP contribution in [0.3, 0.4) is 0 Å². The van der Waals surface area contributed by atoms with Crippen molar-refractivity contribution < 1.29 is 14.4 Å². The van der Waals surface area contributed by atoms with Gasteiger partial charge in [-0.05, 0) is 109 Å².